The van der Waals surface area contributed by atoms with Crippen molar-refractivity contribution in [2.24, 2.45) is 0 Å². The molecule has 322 valence electrons. The third kappa shape index (κ3) is 5.73. The summed E-state index contributed by atoms with van der Waals surface area (Å²) in [7, 11) is 0. The van der Waals surface area contributed by atoms with Crippen molar-refractivity contribution in [1.29, 1.82) is 0 Å². The minimum absolute atomic E-state index is 0.565. The van der Waals surface area contributed by atoms with E-state index in [0.717, 1.165) is 44.9 Å². The Kier molecular flexibility index (Phi) is 8.84. The molecule has 2 nitrogen and oxygen atoms in total. The quantitative estimate of drug-likeness (QED) is 0.155. The van der Waals surface area contributed by atoms with Gasteiger partial charge in [-0.2, -0.15) is 0 Å². The molecule has 2 aliphatic rings. The van der Waals surface area contributed by atoms with Gasteiger partial charge in [0.15, 0.2) is 0 Å². The largest absolute Gasteiger partial charge is 0.309 e. The van der Waals surface area contributed by atoms with Gasteiger partial charge in [0.1, 0.15) is 0 Å². The van der Waals surface area contributed by atoms with Crippen LogP contribution < -0.4 is 4.90 Å². The van der Waals surface area contributed by atoms with Crippen molar-refractivity contribution in [3.63, 3.8) is 0 Å². The highest BCUT2D eigenvalue weighted by Crippen LogP contribution is 2.62. The summed E-state index contributed by atoms with van der Waals surface area (Å²) in [6.07, 6.45) is 0. The maximum Gasteiger partial charge on any atom is 0.0754 e. The Labute approximate surface area is 402 Å². The molecule has 14 rings (SSSR count). The molecule has 0 N–H and O–H groups in total. The van der Waals surface area contributed by atoms with Crippen LogP contribution in [-0.4, -0.2) is 4.57 Å². The lowest BCUT2D eigenvalue weighted by molar-refractivity contribution is 0.749. The number of nitrogens with zero attached hydrogens (tertiary/aromatic N) is 2. The van der Waals surface area contributed by atoms with Gasteiger partial charge in [-0.1, -0.05) is 231 Å². The molecule has 0 radical (unpaired) electrons. The van der Waals surface area contributed by atoms with Crippen LogP contribution in [-0.2, 0) is 5.41 Å². The molecule has 0 bridgehead atoms. The Morgan fingerprint density at radius 2 is 0.754 bits per heavy atom. The number of hydrogen-bond donors (Lipinski definition) is 0. The molecule has 2 heteroatoms. The Hall–Kier alpha value is -8.98. The highest BCUT2D eigenvalue weighted by atomic mass is 15.1. The first kappa shape index (κ1) is 39.2. The molecule has 1 spiro atoms. The fourth-order valence-corrected chi connectivity index (χ4v) is 12.0. The van der Waals surface area contributed by atoms with E-state index in [1.807, 2.05) is 0 Å². The maximum absolute atomic E-state index is 2.53. The molecular weight excluding hydrogens is 833 g/mol. The van der Waals surface area contributed by atoms with Crippen molar-refractivity contribution in [1.82, 2.24) is 4.57 Å². The molecule has 69 heavy (non-hydrogen) atoms. The zero-order chi connectivity index (χ0) is 45.5. The average molecular weight is 877 g/mol. The van der Waals surface area contributed by atoms with E-state index in [9.17, 15) is 0 Å². The SMILES string of the molecule is c1ccc(-c2ccccc2-c2ccccc2N(c2ccccc2-c2ccccc2)c2ccccc2-c2ccc3c(c2)C2(c4ccccc4-3)c3ccccc3-n3c4ccccc4c4cccc2c43)cc1. The second-order valence-corrected chi connectivity index (χ2v) is 18.3. The summed E-state index contributed by atoms with van der Waals surface area (Å²) in [6, 6.07) is 98.7. The Morgan fingerprint density at radius 1 is 0.275 bits per heavy atom. The van der Waals surface area contributed by atoms with Crippen molar-refractivity contribution in [3.8, 4) is 61.3 Å². The van der Waals surface area contributed by atoms with Crippen molar-refractivity contribution in [2.75, 3.05) is 4.90 Å². The molecule has 1 aliphatic carbocycles. The van der Waals surface area contributed by atoms with Crippen molar-refractivity contribution < 1.29 is 0 Å². The van der Waals surface area contributed by atoms with Gasteiger partial charge in [0.25, 0.3) is 0 Å². The summed E-state index contributed by atoms with van der Waals surface area (Å²) < 4.78 is 2.52. The first-order valence-electron chi connectivity index (χ1n) is 23.9. The van der Waals surface area contributed by atoms with Gasteiger partial charge in [0.2, 0.25) is 0 Å². The van der Waals surface area contributed by atoms with Crippen LogP contribution in [0.15, 0.2) is 267 Å². The van der Waals surface area contributed by atoms with Gasteiger partial charge in [-0.05, 0) is 97.6 Å². The molecule has 0 saturated carbocycles. The van der Waals surface area contributed by atoms with E-state index in [2.05, 4.69) is 276 Å². The highest BCUT2D eigenvalue weighted by molar-refractivity contribution is 6.13. The summed E-state index contributed by atoms with van der Waals surface area (Å²) in [5.74, 6) is 0. The summed E-state index contributed by atoms with van der Waals surface area (Å²) in [6.45, 7) is 0. The molecule has 0 amide bonds. The van der Waals surface area contributed by atoms with Crippen LogP contribution in [0.3, 0.4) is 0 Å². The van der Waals surface area contributed by atoms with Crippen LogP contribution >= 0.6 is 0 Å². The maximum atomic E-state index is 2.53. The second kappa shape index (κ2) is 15.6. The standard InChI is InChI=1S/C67H44N2/c1-3-22-45(23-4-1)48-26-7-8-29-51(48)54-31-12-18-39-63(54)68(61-37-16-10-27-49(61)46-24-5-2-6-25-46)62-38-17-11-28-50(62)47-42-43-53-52-30-9-14-34-57(52)67(60(53)44-47)58-35-15-20-41-65(58)69-64-40-19-13-32-55(64)56-33-21-36-59(67)66(56)69/h1-44H. The van der Waals surface area contributed by atoms with E-state index in [0.29, 0.717) is 0 Å². The monoisotopic (exact) mass is 876 g/mol. The number of fused-ring (bicyclic) bond motifs is 12. The van der Waals surface area contributed by atoms with E-state index in [-0.39, 0.29) is 0 Å². The van der Waals surface area contributed by atoms with Gasteiger partial charge in [0.05, 0.1) is 39.2 Å². The molecule has 0 saturated heterocycles. The van der Waals surface area contributed by atoms with Crippen molar-refractivity contribution in [2.45, 2.75) is 5.41 Å². The number of para-hydroxylation sites is 6. The van der Waals surface area contributed by atoms with Crippen LogP contribution in [0.4, 0.5) is 17.1 Å². The van der Waals surface area contributed by atoms with Gasteiger partial charge in [-0.15, -0.1) is 0 Å². The molecule has 2 heterocycles. The Bertz CT molecular complexity index is 3970. The van der Waals surface area contributed by atoms with Gasteiger partial charge >= 0.3 is 0 Å². The summed E-state index contributed by atoms with van der Waals surface area (Å²) >= 11 is 0. The zero-order valence-electron chi connectivity index (χ0n) is 37.8. The summed E-state index contributed by atoms with van der Waals surface area (Å²) in [4.78, 5) is 2.52. The number of benzene rings is 11. The smallest absolute Gasteiger partial charge is 0.0754 e. The summed E-state index contributed by atoms with van der Waals surface area (Å²) in [5.41, 5.74) is 23.6. The third-order valence-electron chi connectivity index (χ3n) is 14.8. The van der Waals surface area contributed by atoms with Crippen LogP contribution in [0.2, 0.25) is 0 Å². The molecule has 11 aromatic carbocycles. The fourth-order valence-electron chi connectivity index (χ4n) is 12.0. The molecule has 1 atom stereocenters. The predicted molar refractivity (Wildman–Crippen MR) is 288 cm³/mol. The van der Waals surface area contributed by atoms with Crippen LogP contribution in [0.25, 0.3) is 83.1 Å². The van der Waals surface area contributed by atoms with Gasteiger partial charge < -0.3 is 9.47 Å². The molecule has 1 aromatic heterocycles. The normalized spacial score (nSPS) is 14.1. The molecule has 1 aliphatic heterocycles. The van der Waals surface area contributed by atoms with E-state index < -0.39 is 5.41 Å². The van der Waals surface area contributed by atoms with E-state index in [4.69, 9.17) is 0 Å². The van der Waals surface area contributed by atoms with Crippen LogP contribution in [0, 0.1) is 0 Å². The van der Waals surface area contributed by atoms with Crippen molar-refractivity contribution >= 4 is 38.9 Å². The molecule has 1 unspecified atom stereocenters. The number of rotatable bonds is 7. The second-order valence-electron chi connectivity index (χ2n) is 18.3. The fraction of sp³-hybridized carbons (Fsp3) is 0.0149. The predicted octanol–water partition coefficient (Wildman–Crippen LogP) is 17.6. The summed E-state index contributed by atoms with van der Waals surface area (Å²) in [5, 5.41) is 2.56. The van der Waals surface area contributed by atoms with E-state index in [1.54, 1.807) is 0 Å². The highest BCUT2D eigenvalue weighted by Gasteiger charge is 2.51. The van der Waals surface area contributed by atoms with Crippen molar-refractivity contribution in [3.05, 3.63) is 289 Å². The lowest BCUT2D eigenvalue weighted by Crippen LogP contribution is -2.33. The number of anilines is 3. The molecule has 0 fully saturated rings. The van der Waals surface area contributed by atoms with Crippen LogP contribution in [0.5, 0.6) is 0 Å². The van der Waals surface area contributed by atoms with E-state index >= 15 is 0 Å². The van der Waals surface area contributed by atoms with Gasteiger partial charge in [0, 0.05) is 27.5 Å². The zero-order valence-corrected chi connectivity index (χ0v) is 37.8. The average Bonchev–Trinajstić information content (AvgIpc) is 3.92. The van der Waals surface area contributed by atoms with E-state index in [1.165, 1.54) is 77.6 Å². The Balaban J connectivity index is 1.04. The first-order valence-corrected chi connectivity index (χ1v) is 23.9. The topological polar surface area (TPSA) is 8.17 Å². The number of aromatic nitrogens is 1. The lowest BCUT2D eigenvalue weighted by Gasteiger charge is -2.39. The van der Waals surface area contributed by atoms with Crippen LogP contribution in [0.1, 0.15) is 22.3 Å². The number of hydrogen-bond acceptors (Lipinski definition) is 1. The molecular formula is C67H44N2. The van der Waals surface area contributed by atoms with Gasteiger partial charge in [-0.25, -0.2) is 0 Å². The first-order chi connectivity index (χ1) is 34.3. The Morgan fingerprint density at radius 3 is 1.48 bits per heavy atom. The molecule has 12 aromatic rings. The third-order valence-corrected chi connectivity index (χ3v) is 14.8. The lowest BCUT2D eigenvalue weighted by atomic mass is 9.65. The minimum Gasteiger partial charge on any atom is -0.309 e. The van der Waals surface area contributed by atoms with Gasteiger partial charge in [-0.3, -0.25) is 0 Å². The minimum atomic E-state index is -0.565.